The van der Waals surface area contributed by atoms with Crippen molar-refractivity contribution in [2.45, 2.75) is 13.3 Å². The zero-order chi connectivity index (χ0) is 20.5. The monoisotopic (exact) mass is 398 g/mol. The summed E-state index contributed by atoms with van der Waals surface area (Å²) in [5.74, 6) is -0.560. The van der Waals surface area contributed by atoms with Gasteiger partial charge in [0.25, 0.3) is 5.69 Å². The fourth-order valence-corrected chi connectivity index (χ4v) is 2.34. The summed E-state index contributed by atoms with van der Waals surface area (Å²) in [5, 5.41) is 19.0. The number of non-ortho nitro benzene ring substituents is 1. The molecule has 0 fully saturated rings. The summed E-state index contributed by atoms with van der Waals surface area (Å²) in [7, 11) is 0. The molecule has 3 N–H and O–H groups in total. The van der Waals surface area contributed by atoms with Crippen molar-refractivity contribution in [2.75, 3.05) is 10.6 Å². The van der Waals surface area contributed by atoms with Crippen LogP contribution in [0.25, 0.3) is 6.08 Å². The van der Waals surface area contributed by atoms with E-state index in [0.29, 0.717) is 23.4 Å². The highest BCUT2D eigenvalue weighted by Crippen LogP contribution is 2.15. The molecule has 2 amide bonds. The van der Waals surface area contributed by atoms with E-state index in [9.17, 15) is 19.7 Å². The van der Waals surface area contributed by atoms with Crippen molar-refractivity contribution in [2.24, 2.45) is 0 Å². The van der Waals surface area contributed by atoms with Gasteiger partial charge in [-0.25, -0.2) is 0 Å². The quantitative estimate of drug-likeness (QED) is 0.297. The Labute approximate surface area is 166 Å². The lowest BCUT2D eigenvalue weighted by Gasteiger charge is -2.09. The fourth-order valence-electron chi connectivity index (χ4n) is 2.11. The van der Waals surface area contributed by atoms with Crippen LogP contribution in [0, 0.1) is 10.1 Å². The van der Waals surface area contributed by atoms with Crippen LogP contribution in [-0.4, -0.2) is 21.9 Å². The van der Waals surface area contributed by atoms with Crippen molar-refractivity contribution in [3.8, 4) is 0 Å². The van der Waals surface area contributed by atoms with Gasteiger partial charge in [-0.2, -0.15) is 0 Å². The standard InChI is InChI=1S/C19H18N4O4S/c1-2-17(24)22-19(28)21-15-9-7-14(8-10-15)20-18(25)11-6-13-4-3-5-16(12-13)23(26)27/h3-12H,2H2,1H3,(H,20,25)(H2,21,22,24,28)/b11-6+. The smallest absolute Gasteiger partial charge is 0.270 e. The predicted molar refractivity (Wildman–Crippen MR) is 112 cm³/mol. The highest BCUT2D eigenvalue weighted by atomic mass is 32.1. The number of anilines is 2. The predicted octanol–water partition coefficient (Wildman–Crippen LogP) is 3.47. The van der Waals surface area contributed by atoms with Gasteiger partial charge < -0.3 is 16.0 Å². The Balaban J connectivity index is 1.92. The van der Waals surface area contributed by atoms with E-state index in [0.717, 1.165) is 0 Å². The molecule has 2 rings (SSSR count). The highest BCUT2D eigenvalue weighted by molar-refractivity contribution is 7.80. The van der Waals surface area contributed by atoms with Crippen molar-refractivity contribution in [1.29, 1.82) is 0 Å². The summed E-state index contributed by atoms with van der Waals surface area (Å²) in [6.45, 7) is 1.73. The summed E-state index contributed by atoms with van der Waals surface area (Å²) in [5.41, 5.74) is 1.72. The number of nitrogens with zero attached hydrogens (tertiary/aromatic N) is 1. The number of benzene rings is 2. The van der Waals surface area contributed by atoms with Gasteiger partial charge in [0.05, 0.1) is 4.92 Å². The number of hydrogen-bond donors (Lipinski definition) is 3. The van der Waals surface area contributed by atoms with Crippen LogP contribution in [-0.2, 0) is 9.59 Å². The number of nitrogens with one attached hydrogen (secondary N) is 3. The zero-order valence-corrected chi connectivity index (χ0v) is 15.8. The maximum atomic E-state index is 12.0. The second-order valence-corrected chi connectivity index (χ2v) is 6.02. The first-order valence-electron chi connectivity index (χ1n) is 8.32. The van der Waals surface area contributed by atoms with Crippen molar-refractivity contribution in [3.63, 3.8) is 0 Å². The lowest BCUT2D eigenvalue weighted by molar-refractivity contribution is -0.384. The zero-order valence-electron chi connectivity index (χ0n) is 15.0. The molecule has 2 aromatic rings. The van der Waals surface area contributed by atoms with Crippen LogP contribution >= 0.6 is 12.2 Å². The number of rotatable bonds is 6. The highest BCUT2D eigenvalue weighted by Gasteiger charge is 2.05. The molecule has 0 unspecified atom stereocenters. The summed E-state index contributed by atoms with van der Waals surface area (Å²) in [4.78, 5) is 33.6. The SMILES string of the molecule is CCC(=O)NC(=S)Nc1ccc(NC(=O)/C=C/c2cccc([N+](=O)[O-])c2)cc1. The molecule has 0 saturated carbocycles. The normalized spacial score (nSPS) is 10.3. The number of amides is 2. The number of carbonyl (C=O) groups excluding carboxylic acids is 2. The van der Waals surface area contributed by atoms with Gasteiger partial charge in [-0.05, 0) is 48.1 Å². The van der Waals surface area contributed by atoms with E-state index >= 15 is 0 Å². The van der Waals surface area contributed by atoms with Crippen molar-refractivity contribution >= 4 is 52.3 Å². The summed E-state index contributed by atoms with van der Waals surface area (Å²) in [6.07, 6.45) is 3.12. The van der Waals surface area contributed by atoms with Crippen molar-refractivity contribution in [1.82, 2.24) is 5.32 Å². The largest absolute Gasteiger partial charge is 0.332 e. The Morgan fingerprint density at radius 3 is 2.36 bits per heavy atom. The number of nitro groups is 1. The maximum absolute atomic E-state index is 12.0. The number of thiocarbonyl (C=S) groups is 1. The molecule has 0 radical (unpaired) electrons. The maximum Gasteiger partial charge on any atom is 0.270 e. The third-order valence-electron chi connectivity index (χ3n) is 3.49. The second-order valence-electron chi connectivity index (χ2n) is 5.61. The third-order valence-corrected chi connectivity index (χ3v) is 3.70. The molecule has 0 atom stereocenters. The molecule has 9 heteroatoms. The van der Waals surface area contributed by atoms with Gasteiger partial charge in [0.1, 0.15) is 0 Å². The van der Waals surface area contributed by atoms with E-state index in [4.69, 9.17) is 12.2 Å². The van der Waals surface area contributed by atoms with Crippen LogP contribution in [0.3, 0.4) is 0 Å². The molecule has 0 aliphatic rings. The Kier molecular flexibility index (Phi) is 7.35. The van der Waals surface area contributed by atoms with Gasteiger partial charge in [-0.3, -0.25) is 19.7 Å². The van der Waals surface area contributed by atoms with E-state index in [1.807, 2.05) is 0 Å². The van der Waals surface area contributed by atoms with Crippen LogP contribution in [0.1, 0.15) is 18.9 Å². The van der Waals surface area contributed by atoms with E-state index < -0.39 is 4.92 Å². The minimum Gasteiger partial charge on any atom is -0.332 e. The molecule has 0 aromatic heterocycles. The molecular formula is C19H18N4O4S. The molecule has 0 spiro atoms. The first kappa shape index (κ1) is 20.7. The lowest BCUT2D eigenvalue weighted by Crippen LogP contribution is -2.33. The summed E-state index contributed by atoms with van der Waals surface area (Å²) >= 11 is 5.02. The molecule has 0 aliphatic heterocycles. The van der Waals surface area contributed by atoms with Crippen LogP contribution in [0.4, 0.5) is 17.1 Å². The Morgan fingerprint density at radius 1 is 1.11 bits per heavy atom. The Hall–Kier alpha value is -3.59. The van der Waals surface area contributed by atoms with Gasteiger partial charge in [-0.15, -0.1) is 0 Å². The molecular weight excluding hydrogens is 380 g/mol. The molecule has 28 heavy (non-hydrogen) atoms. The molecule has 144 valence electrons. The van der Waals surface area contributed by atoms with Crippen molar-refractivity contribution in [3.05, 3.63) is 70.3 Å². The summed E-state index contributed by atoms with van der Waals surface area (Å²) < 4.78 is 0. The average molecular weight is 398 g/mol. The molecule has 8 nitrogen and oxygen atoms in total. The molecule has 0 bridgehead atoms. The number of nitro benzene ring substituents is 1. The van der Waals surface area contributed by atoms with Crippen LogP contribution in [0.2, 0.25) is 0 Å². The first-order valence-corrected chi connectivity index (χ1v) is 8.72. The van der Waals surface area contributed by atoms with Crippen LogP contribution in [0.5, 0.6) is 0 Å². The van der Waals surface area contributed by atoms with Crippen LogP contribution in [0.15, 0.2) is 54.6 Å². The second kappa shape index (κ2) is 9.93. The molecule has 2 aromatic carbocycles. The average Bonchev–Trinajstić information content (AvgIpc) is 2.68. The van der Waals surface area contributed by atoms with E-state index in [1.54, 1.807) is 43.3 Å². The molecule has 0 saturated heterocycles. The number of carbonyl (C=O) groups is 2. The Morgan fingerprint density at radius 2 is 1.75 bits per heavy atom. The van der Waals surface area contributed by atoms with Crippen LogP contribution < -0.4 is 16.0 Å². The minimum atomic E-state index is -0.494. The molecule has 0 heterocycles. The van der Waals surface area contributed by atoms with Gasteiger partial charge in [0, 0.05) is 36.0 Å². The number of hydrogen-bond acceptors (Lipinski definition) is 5. The Bertz CT molecular complexity index is 926. The topological polar surface area (TPSA) is 113 Å². The third kappa shape index (κ3) is 6.61. The van der Waals surface area contributed by atoms with Gasteiger partial charge in [0.15, 0.2) is 5.11 Å². The van der Waals surface area contributed by atoms with Gasteiger partial charge in [-0.1, -0.05) is 19.1 Å². The van der Waals surface area contributed by atoms with Gasteiger partial charge in [0.2, 0.25) is 11.8 Å². The summed E-state index contributed by atoms with van der Waals surface area (Å²) in [6, 6.07) is 12.7. The van der Waals surface area contributed by atoms with E-state index in [1.165, 1.54) is 24.3 Å². The van der Waals surface area contributed by atoms with E-state index in [2.05, 4.69) is 16.0 Å². The fraction of sp³-hybridized carbons (Fsp3) is 0.105. The first-order chi connectivity index (χ1) is 13.4. The lowest BCUT2D eigenvalue weighted by atomic mass is 10.2. The minimum absolute atomic E-state index is 0.0429. The molecule has 0 aliphatic carbocycles. The van der Waals surface area contributed by atoms with Crippen molar-refractivity contribution < 1.29 is 14.5 Å². The van der Waals surface area contributed by atoms with Gasteiger partial charge >= 0.3 is 0 Å². The van der Waals surface area contributed by atoms with E-state index in [-0.39, 0.29) is 22.6 Å².